The summed E-state index contributed by atoms with van der Waals surface area (Å²) < 4.78 is 9.04. The van der Waals surface area contributed by atoms with Gasteiger partial charge in [0.15, 0.2) is 17.5 Å². The SMILES string of the molecule is c1ccc(-c2nc(-c3ccc4c5ccccc5n(-c5ccccc5)c4c3)nc(-c3cccc4oc5c(ccc6ccc7ccccc7c65)c34)n2)cc1. The smallest absolute Gasteiger partial charge is 0.164 e. The van der Waals surface area contributed by atoms with Crippen LogP contribution in [-0.4, -0.2) is 19.5 Å². The molecule has 52 heavy (non-hydrogen) atoms. The van der Waals surface area contributed by atoms with Crippen LogP contribution >= 0.6 is 0 Å². The third kappa shape index (κ3) is 4.33. The van der Waals surface area contributed by atoms with E-state index in [0.717, 1.165) is 66.1 Å². The van der Waals surface area contributed by atoms with Crippen molar-refractivity contribution in [1.29, 1.82) is 0 Å². The number of benzene rings is 8. The lowest BCUT2D eigenvalue weighted by molar-refractivity contribution is 0.673. The van der Waals surface area contributed by atoms with E-state index in [4.69, 9.17) is 19.4 Å². The molecular formula is C47H28N4O. The normalized spacial score (nSPS) is 11.8. The van der Waals surface area contributed by atoms with Crippen LogP contribution in [0.3, 0.4) is 0 Å². The van der Waals surface area contributed by atoms with Crippen LogP contribution in [0.25, 0.3) is 105 Å². The highest BCUT2D eigenvalue weighted by molar-refractivity contribution is 6.24. The Balaban J connectivity index is 1.18. The Morgan fingerprint density at radius 3 is 1.92 bits per heavy atom. The molecule has 0 amide bonds. The molecular weight excluding hydrogens is 637 g/mol. The summed E-state index contributed by atoms with van der Waals surface area (Å²) in [6.45, 7) is 0. The van der Waals surface area contributed by atoms with E-state index in [2.05, 4.69) is 132 Å². The zero-order chi connectivity index (χ0) is 34.2. The fraction of sp³-hybridized carbons (Fsp3) is 0. The van der Waals surface area contributed by atoms with Crippen molar-refractivity contribution in [3.05, 3.63) is 170 Å². The van der Waals surface area contributed by atoms with Gasteiger partial charge in [0.2, 0.25) is 0 Å². The Labute approximate surface area is 298 Å². The summed E-state index contributed by atoms with van der Waals surface area (Å²) in [5, 5.41) is 9.01. The summed E-state index contributed by atoms with van der Waals surface area (Å²) in [6.07, 6.45) is 0. The average molecular weight is 665 g/mol. The van der Waals surface area contributed by atoms with Gasteiger partial charge < -0.3 is 8.98 Å². The topological polar surface area (TPSA) is 56.7 Å². The van der Waals surface area contributed by atoms with Crippen molar-refractivity contribution in [3.63, 3.8) is 0 Å². The van der Waals surface area contributed by atoms with Gasteiger partial charge in [-0.2, -0.15) is 0 Å². The number of hydrogen-bond donors (Lipinski definition) is 0. The summed E-state index contributed by atoms with van der Waals surface area (Å²) in [7, 11) is 0. The van der Waals surface area contributed by atoms with Crippen molar-refractivity contribution in [2.24, 2.45) is 0 Å². The molecule has 3 heterocycles. The zero-order valence-electron chi connectivity index (χ0n) is 27.9. The van der Waals surface area contributed by atoms with E-state index in [-0.39, 0.29) is 0 Å². The van der Waals surface area contributed by atoms with Gasteiger partial charge in [0.05, 0.1) is 11.0 Å². The van der Waals surface area contributed by atoms with E-state index >= 15 is 0 Å². The maximum atomic E-state index is 6.72. The second-order valence-electron chi connectivity index (χ2n) is 13.2. The van der Waals surface area contributed by atoms with E-state index in [1.165, 1.54) is 21.5 Å². The second-order valence-corrected chi connectivity index (χ2v) is 13.2. The molecule has 0 bridgehead atoms. The fourth-order valence-corrected chi connectivity index (χ4v) is 7.86. The van der Waals surface area contributed by atoms with E-state index in [0.29, 0.717) is 17.5 Å². The summed E-state index contributed by atoms with van der Waals surface area (Å²) in [5.74, 6) is 1.82. The van der Waals surface area contributed by atoms with Crippen LogP contribution < -0.4 is 0 Å². The van der Waals surface area contributed by atoms with Gasteiger partial charge >= 0.3 is 0 Å². The number of hydrogen-bond acceptors (Lipinski definition) is 4. The van der Waals surface area contributed by atoms with Gasteiger partial charge in [-0.15, -0.1) is 0 Å². The van der Waals surface area contributed by atoms with Crippen LogP contribution in [-0.2, 0) is 0 Å². The minimum atomic E-state index is 0.596. The van der Waals surface area contributed by atoms with Crippen LogP contribution in [0.15, 0.2) is 174 Å². The third-order valence-electron chi connectivity index (χ3n) is 10.2. The molecule has 0 spiro atoms. The highest BCUT2D eigenvalue weighted by Crippen LogP contribution is 2.42. The summed E-state index contributed by atoms with van der Waals surface area (Å²) in [4.78, 5) is 15.5. The molecule has 11 rings (SSSR count). The van der Waals surface area contributed by atoms with Crippen LogP contribution in [0.2, 0.25) is 0 Å². The molecule has 8 aromatic carbocycles. The molecule has 0 radical (unpaired) electrons. The van der Waals surface area contributed by atoms with Crippen molar-refractivity contribution >= 4 is 65.3 Å². The lowest BCUT2D eigenvalue weighted by Crippen LogP contribution is -2.00. The van der Waals surface area contributed by atoms with Crippen molar-refractivity contribution in [3.8, 4) is 39.9 Å². The molecule has 11 aromatic rings. The Morgan fingerprint density at radius 1 is 0.404 bits per heavy atom. The molecule has 242 valence electrons. The van der Waals surface area contributed by atoms with E-state index in [1.807, 2.05) is 42.5 Å². The van der Waals surface area contributed by atoms with Crippen LogP contribution in [0.5, 0.6) is 0 Å². The van der Waals surface area contributed by atoms with E-state index < -0.39 is 0 Å². The van der Waals surface area contributed by atoms with Crippen molar-refractivity contribution < 1.29 is 4.42 Å². The third-order valence-corrected chi connectivity index (χ3v) is 10.2. The van der Waals surface area contributed by atoms with Crippen molar-refractivity contribution in [2.45, 2.75) is 0 Å². The van der Waals surface area contributed by atoms with Gasteiger partial charge in [0, 0.05) is 49.3 Å². The molecule has 0 saturated carbocycles. The monoisotopic (exact) mass is 664 g/mol. The average Bonchev–Trinajstić information content (AvgIpc) is 3.77. The first-order valence-electron chi connectivity index (χ1n) is 17.5. The molecule has 0 atom stereocenters. The Hall–Kier alpha value is -7.11. The fourth-order valence-electron chi connectivity index (χ4n) is 7.86. The number of rotatable bonds is 4. The minimum absolute atomic E-state index is 0.596. The standard InChI is InChI=1S/C47H28N4O/c1-3-13-31(14-4-1)45-48-46(32-25-26-36-35-18-9-10-20-39(35)51(40(36)28-32)33-15-5-2-6-16-33)50-47(49-45)38-19-11-21-41-43(38)37-27-24-30-23-22-29-12-7-8-17-34(29)42(30)44(37)52-41/h1-28H. The maximum absolute atomic E-state index is 6.72. The predicted octanol–water partition coefficient (Wildman–Crippen LogP) is 12.2. The summed E-state index contributed by atoms with van der Waals surface area (Å²) in [5.41, 5.74) is 7.75. The Bertz CT molecular complexity index is 3180. The molecule has 0 aliphatic rings. The highest BCUT2D eigenvalue weighted by atomic mass is 16.3. The van der Waals surface area contributed by atoms with Gasteiger partial charge in [-0.3, -0.25) is 0 Å². The highest BCUT2D eigenvalue weighted by Gasteiger charge is 2.20. The Kier molecular flexibility index (Phi) is 6.18. The zero-order valence-corrected chi connectivity index (χ0v) is 27.9. The lowest BCUT2D eigenvalue weighted by atomic mass is 9.98. The first-order valence-corrected chi connectivity index (χ1v) is 17.5. The molecule has 0 fully saturated rings. The summed E-state index contributed by atoms with van der Waals surface area (Å²) in [6, 6.07) is 59.1. The van der Waals surface area contributed by atoms with E-state index in [9.17, 15) is 0 Å². The van der Waals surface area contributed by atoms with Gasteiger partial charge in [0.25, 0.3) is 0 Å². The lowest BCUT2D eigenvalue weighted by Gasteiger charge is -2.11. The number of furan rings is 1. The van der Waals surface area contributed by atoms with Gasteiger partial charge in [-0.25, -0.2) is 15.0 Å². The van der Waals surface area contributed by atoms with Crippen LogP contribution in [0.4, 0.5) is 0 Å². The number of para-hydroxylation sites is 2. The minimum Gasteiger partial charge on any atom is -0.455 e. The molecule has 0 saturated heterocycles. The van der Waals surface area contributed by atoms with Crippen molar-refractivity contribution in [2.75, 3.05) is 0 Å². The first kappa shape index (κ1) is 28.7. The van der Waals surface area contributed by atoms with E-state index in [1.54, 1.807) is 0 Å². The molecule has 0 N–H and O–H groups in total. The molecule has 3 aromatic heterocycles. The van der Waals surface area contributed by atoms with Crippen LogP contribution in [0, 0.1) is 0 Å². The van der Waals surface area contributed by atoms with Crippen molar-refractivity contribution in [1.82, 2.24) is 19.5 Å². The summed E-state index contributed by atoms with van der Waals surface area (Å²) >= 11 is 0. The van der Waals surface area contributed by atoms with Crippen LogP contribution in [0.1, 0.15) is 0 Å². The second kappa shape index (κ2) is 11.2. The molecule has 5 heteroatoms. The quantitative estimate of drug-likeness (QED) is 0.176. The van der Waals surface area contributed by atoms with Gasteiger partial charge in [-0.1, -0.05) is 133 Å². The largest absolute Gasteiger partial charge is 0.455 e. The molecule has 0 unspecified atom stereocenters. The molecule has 0 aliphatic carbocycles. The number of aromatic nitrogens is 4. The number of fused-ring (bicyclic) bond motifs is 10. The maximum Gasteiger partial charge on any atom is 0.164 e. The Morgan fingerprint density at radius 2 is 1.06 bits per heavy atom. The predicted molar refractivity (Wildman–Crippen MR) is 213 cm³/mol. The molecule has 5 nitrogen and oxygen atoms in total. The van der Waals surface area contributed by atoms with Gasteiger partial charge in [0.1, 0.15) is 11.2 Å². The first-order chi connectivity index (χ1) is 25.8. The molecule has 0 aliphatic heterocycles. The van der Waals surface area contributed by atoms with Gasteiger partial charge in [-0.05, 0) is 52.6 Å². The number of nitrogens with zero attached hydrogens (tertiary/aromatic N) is 4.